The number of nitro benzene ring substituents is 1. The van der Waals surface area contributed by atoms with Crippen LogP contribution >= 0.6 is 11.8 Å². The normalized spacial score (nSPS) is 11.2. The Labute approximate surface area is 171 Å². The van der Waals surface area contributed by atoms with Gasteiger partial charge in [0.2, 0.25) is 5.91 Å². The van der Waals surface area contributed by atoms with Gasteiger partial charge in [-0.15, -0.1) is 11.8 Å². The molecule has 1 atom stereocenters. The van der Waals surface area contributed by atoms with E-state index in [2.05, 4.69) is 15.4 Å². The number of rotatable bonds is 8. The molecule has 9 nitrogen and oxygen atoms in total. The van der Waals surface area contributed by atoms with Crippen LogP contribution in [0.2, 0.25) is 0 Å². The molecule has 2 aromatic rings. The molecule has 29 heavy (non-hydrogen) atoms. The predicted octanol–water partition coefficient (Wildman–Crippen LogP) is 2.62. The van der Waals surface area contributed by atoms with Crippen LogP contribution in [-0.2, 0) is 14.3 Å². The van der Waals surface area contributed by atoms with Crippen LogP contribution in [0.1, 0.15) is 17.3 Å². The van der Waals surface area contributed by atoms with Gasteiger partial charge in [0.25, 0.3) is 11.6 Å². The Balaban J connectivity index is 1.96. The number of nitrogens with one attached hydrogen (secondary N) is 2. The predicted molar refractivity (Wildman–Crippen MR) is 108 cm³/mol. The van der Waals surface area contributed by atoms with E-state index >= 15 is 0 Å². The minimum atomic E-state index is -0.570. The van der Waals surface area contributed by atoms with E-state index in [0.717, 1.165) is 0 Å². The first kappa shape index (κ1) is 21.9. The third-order valence-corrected chi connectivity index (χ3v) is 4.85. The highest BCUT2D eigenvalue weighted by Crippen LogP contribution is 2.26. The number of hydrogen-bond acceptors (Lipinski definition) is 7. The lowest BCUT2D eigenvalue weighted by atomic mass is 10.2. The van der Waals surface area contributed by atoms with Crippen LogP contribution in [0.15, 0.2) is 53.4 Å². The van der Waals surface area contributed by atoms with E-state index in [9.17, 15) is 24.5 Å². The molecule has 2 amide bonds. The minimum Gasteiger partial charge on any atom is -0.468 e. The van der Waals surface area contributed by atoms with E-state index in [4.69, 9.17) is 0 Å². The first-order chi connectivity index (χ1) is 13.8. The van der Waals surface area contributed by atoms with Crippen molar-refractivity contribution in [1.29, 1.82) is 0 Å². The summed E-state index contributed by atoms with van der Waals surface area (Å²) >= 11 is 1.25. The molecule has 0 aliphatic carbocycles. The van der Waals surface area contributed by atoms with E-state index in [1.807, 2.05) is 0 Å². The number of carbonyl (C=O) groups excluding carboxylic acids is 3. The average molecular weight is 417 g/mol. The zero-order valence-electron chi connectivity index (χ0n) is 15.7. The summed E-state index contributed by atoms with van der Waals surface area (Å²) < 4.78 is 4.46. The van der Waals surface area contributed by atoms with Gasteiger partial charge in [0.05, 0.1) is 17.3 Å². The summed E-state index contributed by atoms with van der Waals surface area (Å²) in [6.07, 6.45) is 0. The van der Waals surface area contributed by atoms with E-state index in [1.165, 1.54) is 37.1 Å². The van der Waals surface area contributed by atoms with Crippen LogP contribution < -0.4 is 10.6 Å². The highest BCUT2D eigenvalue weighted by Gasteiger charge is 2.16. The third kappa shape index (κ3) is 6.61. The number of hydrogen-bond donors (Lipinski definition) is 2. The van der Waals surface area contributed by atoms with Crippen molar-refractivity contribution in [2.45, 2.75) is 17.1 Å². The van der Waals surface area contributed by atoms with Gasteiger partial charge in [0, 0.05) is 28.3 Å². The van der Waals surface area contributed by atoms with Gasteiger partial charge < -0.3 is 15.4 Å². The maximum absolute atomic E-state index is 12.4. The van der Waals surface area contributed by atoms with Crippen LogP contribution in [0, 0.1) is 10.1 Å². The molecule has 0 aromatic heterocycles. The van der Waals surface area contributed by atoms with Gasteiger partial charge in [0.1, 0.15) is 6.54 Å². The molecule has 2 rings (SSSR count). The summed E-state index contributed by atoms with van der Waals surface area (Å²) in [4.78, 5) is 46.5. The number of ether oxygens (including phenoxy) is 1. The number of nitro groups is 1. The molecule has 0 fully saturated rings. The Bertz CT molecular complexity index is 916. The molecule has 0 heterocycles. The smallest absolute Gasteiger partial charge is 0.325 e. The second-order valence-corrected chi connectivity index (χ2v) is 7.25. The molecule has 0 aliphatic rings. The minimum absolute atomic E-state index is 0.0197. The van der Waals surface area contributed by atoms with Gasteiger partial charge in [-0.1, -0.05) is 6.07 Å². The SMILES string of the molecule is COC(=O)CNC(=O)c1cccc(NC(=O)C(C)Sc2ccc([N+](=O)[O-])cc2)c1. The summed E-state index contributed by atoms with van der Waals surface area (Å²) in [5.74, 6) is -1.33. The van der Waals surface area contributed by atoms with Crippen molar-refractivity contribution in [2.75, 3.05) is 19.0 Å². The largest absolute Gasteiger partial charge is 0.468 e. The average Bonchev–Trinajstić information content (AvgIpc) is 2.72. The topological polar surface area (TPSA) is 128 Å². The lowest BCUT2D eigenvalue weighted by molar-refractivity contribution is -0.384. The number of esters is 1. The molecular formula is C19H19N3O6S. The summed E-state index contributed by atoms with van der Waals surface area (Å²) in [7, 11) is 1.22. The Morgan fingerprint density at radius 1 is 1.17 bits per heavy atom. The highest BCUT2D eigenvalue weighted by atomic mass is 32.2. The number of methoxy groups -OCH3 is 1. The first-order valence-electron chi connectivity index (χ1n) is 8.47. The van der Waals surface area contributed by atoms with Crippen LogP contribution in [0.5, 0.6) is 0 Å². The molecule has 2 N–H and O–H groups in total. The fourth-order valence-corrected chi connectivity index (χ4v) is 3.08. The fourth-order valence-electron chi connectivity index (χ4n) is 2.21. The second-order valence-electron chi connectivity index (χ2n) is 5.84. The van der Waals surface area contributed by atoms with Crippen molar-refractivity contribution in [3.63, 3.8) is 0 Å². The molecule has 0 radical (unpaired) electrons. The van der Waals surface area contributed by atoms with E-state index in [1.54, 1.807) is 37.3 Å². The maximum Gasteiger partial charge on any atom is 0.325 e. The van der Waals surface area contributed by atoms with Crippen LogP contribution in [0.4, 0.5) is 11.4 Å². The Kier molecular flexibility index (Phi) is 7.72. The quantitative estimate of drug-likeness (QED) is 0.292. The Morgan fingerprint density at radius 2 is 1.86 bits per heavy atom. The molecule has 0 spiro atoms. The van der Waals surface area contributed by atoms with Gasteiger partial charge in [-0.05, 0) is 37.3 Å². The van der Waals surface area contributed by atoms with Crippen LogP contribution in [-0.4, -0.2) is 41.6 Å². The Hall–Kier alpha value is -3.40. The zero-order chi connectivity index (χ0) is 21.4. The lowest BCUT2D eigenvalue weighted by Crippen LogP contribution is -2.30. The number of anilines is 1. The third-order valence-electron chi connectivity index (χ3n) is 3.74. The standard InChI is InChI=1S/C19H19N3O6S/c1-12(29-16-8-6-15(7-9-16)22(26)27)18(24)21-14-5-3-4-13(10-14)19(25)20-11-17(23)28-2/h3-10,12H,11H2,1-2H3,(H,20,25)(H,21,24). The zero-order valence-corrected chi connectivity index (χ0v) is 16.5. The number of non-ortho nitro benzene ring substituents is 1. The van der Waals surface area contributed by atoms with E-state index < -0.39 is 22.0 Å². The molecule has 152 valence electrons. The van der Waals surface area contributed by atoms with Gasteiger partial charge >= 0.3 is 5.97 Å². The fraction of sp³-hybridized carbons (Fsp3) is 0.211. The maximum atomic E-state index is 12.4. The molecular weight excluding hydrogens is 398 g/mol. The number of nitrogens with zero attached hydrogens (tertiary/aromatic N) is 1. The molecule has 0 saturated heterocycles. The number of amides is 2. The molecule has 2 aromatic carbocycles. The number of thioether (sulfide) groups is 1. The highest BCUT2D eigenvalue weighted by molar-refractivity contribution is 8.00. The monoisotopic (exact) mass is 417 g/mol. The van der Waals surface area contributed by atoms with Crippen molar-refractivity contribution in [1.82, 2.24) is 5.32 Å². The van der Waals surface area contributed by atoms with Gasteiger partial charge in [0.15, 0.2) is 0 Å². The Morgan fingerprint density at radius 3 is 2.48 bits per heavy atom. The molecule has 10 heteroatoms. The number of carbonyl (C=O) groups is 3. The first-order valence-corrected chi connectivity index (χ1v) is 9.35. The summed E-state index contributed by atoms with van der Waals surface area (Å²) in [5, 5.41) is 15.4. The van der Waals surface area contributed by atoms with E-state index in [-0.39, 0.29) is 23.7 Å². The van der Waals surface area contributed by atoms with Gasteiger partial charge in [-0.2, -0.15) is 0 Å². The van der Waals surface area contributed by atoms with E-state index in [0.29, 0.717) is 10.6 Å². The molecule has 0 saturated carbocycles. The van der Waals surface area contributed by atoms with Crippen LogP contribution in [0.3, 0.4) is 0 Å². The van der Waals surface area contributed by atoms with Gasteiger partial charge in [-0.25, -0.2) is 0 Å². The molecule has 1 unspecified atom stereocenters. The van der Waals surface area contributed by atoms with Crippen molar-refractivity contribution in [3.8, 4) is 0 Å². The van der Waals surface area contributed by atoms with Crippen molar-refractivity contribution in [2.24, 2.45) is 0 Å². The second kappa shape index (κ2) is 10.2. The van der Waals surface area contributed by atoms with Crippen molar-refractivity contribution in [3.05, 3.63) is 64.2 Å². The summed E-state index contributed by atoms with van der Waals surface area (Å²) in [6.45, 7) is 1.45. The molecule has 0 aliphatic heterocycles. The number of benzene rings is 2. The molecule has 0 bridgehead atoms. The lowest BCUT2D eigenvalue weighted by Gasteiger charge is -2.13. The van der Waals surface area contributed by atoms with Crippen molar-refractivity contribution < 1.29 is 24.0 Å². The van der Waals surface area contributed by atoms with Crippen molar-refractivity contribution >= 4 is 40.9 Å². The summed E-state index contributed by atoms with van der Waals surface area (Å²) in [6, 6.07) is 12.2. The van der Waals surface area contributed by atoms with Crippen LogP contribution in [0.25, 0.3) is 0 Å². The summed E-state index contributed by atoms with van der Waals surface area (Å²) in [5.41, 5.74) is 0.688. The van der Waals surface area contributed by atoms with Gasteiger partial charge in [-0.3, -0.25) is 24.5 Å².